The molecule has 0 bridgehead atoms. The highest BCUT2D eigenvalue weighted by Gasteiger charge is 2.20. The molecule has 0 aliphatic rings. The maximum Gasteiger partial charge on any atom is 0.256 e. The van der Waals surface area contributed by atoms with Crippen molar-refractivity contribution in [2.75, 3.05) is 12.8 Å². The first-order valence-corrected chi connectivity index (χ1v) is 5.83. The van der Waals surface area contributed by atoms with E-state index in [0.29, 0.717) is 5.69 Å². The highest BCUT2D eigenvalue weighted by Crippen LogP contribution is 2.18. The summed E-state index contributed by atoms with van der Waals surface area (Å²) in [5, 5.41) is 0. The fourth-order valence-corrected chi connectivity index (χ4v) is 1.91. The first kappa shape index (κ1) is 13.5. The van der Waals surface area contributed by atoms with Gasteiger partial charge in [-0.15, -0.1) is 0 Å². The van der Waals surface area contributed by atoms with Crippen LogP contribution in [0.25, 0.3) is 0 Å². The van der Waals surface area contributed by atoms with E-state index in [1.165, 1.54) is 18.2 Å². The third-order valence-corrected chi connectivity index (χ3v) is 3.06. The summed E-state index contributed by atoms with van der Waals surface area (Å²) in [5.41, 5.74) is 6.25. The summed E-state index contributed by atoms with van der Waals surface area (Å²) in [7, 11) is 1.73. The minimum Gasteiger partial charge on any atom is -0.398 e. The molecular formula is C13H19FN2O. The number of hydrogen-bond donors (Lipinski definition) is 1. The molecule has 0 saturated heterocycles. The number of nitrogen functional groups attached to an aromatic ring is 1. The Morgan fingerprint density at radius 1 is 1.41 bits per heavy atom. The van der Waals surface area contributed by atoms with Gasteiger partial charge in [-0.1, -0.05) is 13.8 Å². The van der Waals surface area contributed by atoms with E-state index in [0.717, 1.165) is 12.8 Å². The average Bonchev–Trinajstić information content (AvgIpc) is 2.32. The molecule has 0 unspecified atom stereocenters. The zero-order valence-corrected chi connectivity index (χ0v) is 10.5. The Hall–Kier alpha value is -1.58. The van der Waals surface area contributed by atoms with Crippen LogP contribution in [0.15, 0.2) is 18.2 Å². The van der Waals surface area contributed by atoms with Gasteiger partial charge in [-0.3, -0.25) is 4.79 Å². The van der Waals surface area contributed by atoms with Crippen molar-refractivity contribution in [3.05, 3.63) is 29.6 Å². The van der Waals surface area contributed by atoms with Gasteiger partial charge in [-0.05, 0) is 31.0 Å². The van der Waals surface area contributed by atoms with E-state index < -0.39 is 5.82 Å². The van der Waals surface area contributed by atoms with Crippen molar-refractivity contribution in [3.8, 4) is 0 Å². The van der Waals surface area contributed by atoms with Gasteiger partial charge in [0.1, 0.15) is 5.82 Å². The van der Waals surface area contributed by atoms with E-state index in [9.17, 15) is 9.18 Å². The largest absolute Gasteiger partial charge is 0.398 e. The fourth-order valence-electron chi connectivity index (χ4n) is 1.91. The molecular weight excluding hydrogens is 219 g/mol. The summed E-state index contributed by atoms with van der Waals surface area (Å²) < 4.78 is 13.1. The van der Waals surface area contributed by atoms with Gasteiger partial charge in [-0.2, -0.15) is 0 Å². The Labute approximate surface area is 101 Å². The number of benzene rings is 1. The van der Waals surface area contributed by atoms with Gasteiger partial charge < -0.3 is 10.6 Å². The lowest BCUT2D eigenvalue weighted by atomic mass is 10.1. The molecule has 4 heteroatoms. The molecule has 0 fully saturated rings. The summed E-state index contributed by atoms with van der Waals surface area (Å²) in [4.78, 5) is 13.8. The van der Waals surface area contributed by atoms with Crippen molar-refractivity contribution in [1.29, 1.82) is 0 Å². The third-order valence-electron chi connectivity index (χ3n) is 3.06. The molecule has 1 aromatic carbocycles. The molecule has 17 heavy (non-hydrogen) atoms. The number of rotatable bonds is 4. The van der Waals surface area contributed by atoms with Crippen molar-refractivity contribution in [3.63, 3.8) is 0 Å². The van der Waals surface area contributed by atoms with E-state index in [2.05, 4.69) is 0 Å². The van der Waals surface area contributed by atoms with E-state index in [1.54, 1.807) is 11.9 Å². The van der Waals surface area contributed by atoms with Crippen LogP contribution in [0.3, 0.4) is 0 Å². The van der Waals surface area contributed by atoms with Gasteiger partial charge >= 0.3 is 0 Å². The molecule has 0 radical (unpaired) electrons. The van der Waals surface area contributed by atoms with E-state index in [-0.39, 0.29) is 17.5 Å². The van der Waals surface area contributed by atoms with Crippen molar-refractivity contribution < 1.29 is 9.18 Å². The predicted molar refractivity (Wildman–Crippen MR) is 67.3 cm³/mol. The molecule has 0 atom stereocenters. The zero-order valence-electron chi connectivity index (χ0n) is 10.5. The van der Waals surface area contributed by atoms with E-state index >= 15 is 0 Å². The van der Waals surface area contributed by atoms with Gasteiger partial charge in [-0.25, -0.2) is 4.39 Å². The second kappa shape index (κ2) is 5.66. The van der Waals surface area contributed by atoms with Crippen molar-refractivity contribution in [2.45, 2.75) is 32.7 Å². The monoisotopic (exact) mass is 238 g/mol. The molecule has 0 aliphatic carbocycles. The molecule has 0 spiro atoms. The Balaban J connectivity index is 2.99. The summed E-state index contributed by atoms with van der Waals surface area (Å²) in [6, 6.07) is 4.02. The quantitative estimate of drug-likeness (QED) is 0.820. The number of amides is 1. The van der Waals surface area contributed by atoms with Crippen LogP contribution in [0, 0.1) is 5.82 Å². The summed E-state index contributed by atoms with van der Waals surface area (Å²) in [6.07, 6.45) is 1.74. The van der Waals surface area contributed by atoms with Crippen LogP contribution < -0.4 is 5.73 Å². The topological polar surface area (TPSA) is 46.3 Å². The van der Waals surface area contributed by atoms with Crippen LogP contribution in [-0.4, -0.2) is 23.9 Å². The smallest absolute Gasteiger partial charge is 0.256 e. The maximum atomic E-state index is 13.1. The second-order valence-electron chi connectivity index (χ2n) is 4.12. The van der Waals surface area contributed by atoms with Crippen LogP contribution in [0.4, 0.5) is 10.1 Å². The first-order chi connectivity index (χ1) is 8.01. The highest BCUT2D eigenvalue weighted by molar-refractivity contribution is 5.99. The molecule has 0 saturated carbocycles. The zero-order chi connectivity index (χ0) is 13.0. The van der Waals surface area contributed by atoms with Gasteiger partial charge in [0.25, 0.3) is 5.91 Å². The van der Waals surface area contributed by atoms with Crippen LogP contribution in [-0.2, 0) is 0 Å². The molecule has 2 N–H and O–H groups in total. The Morgan fingerprint density at radius 3 is 2.53 bits per heavy atom. The van der Waals surface area contributed by atoms with Crippen LogP contribution in [0.2, 0.25) is 0 Å². The molecule has 1 rings (SSSR count). The van der Waals surface area contributed by atoms with Crippen molar-refractivity contribution >= 4 is 11.6 Å². The number of halogens is 1. The average molecular weight is 238 g/mol. The number of nitrogens with zero attached hydrogens (tertiary/aromatic N) is 1. The van der Waals surface area contributed by atoms with E-state index in [1.807, 2.05) is 13.8 Å². The fraction of sp³-hybridized carbons (Fsp3) is 0.462. The van der Waals surface area contributed by atoms with E-state index in [4.69, 9.17) is 5.73 Å². The predicted octanol–water partition coefficient (Wildman–Crippen LogP) is 2.67. The number of carbonyl (C=O) groups excluding carboxylic acids is 1. The van der Waals surface area contributed by atoms with Gasteiger partial charge in [0.05, 0.1) is 5.56 Å². The van der Waals surface area contributed by atoms with Gasteiger partial charge in [0.2, 0.25) is 0 Å². The summed E-state index contributed by atoms with van der Waals surface area (Å²) >= 11 is 0. The normalized spacial score (nSPS) is 10.6. The summed E-state index contributed by atoms with van der Waals surface area (Å²) in [5.74, 6) is -0.670. The minimum atomic E-state index is -0.444. The molecule has 94 valence electrons. The van der Waals surface area contributed by atoms with Gasteiger partial charge in [0, 0.05) is 18.8 Å². The lowest BCUT2D eigenvalue weighted by Gasteiger charge is -2.26. The molecule has 3 nitrogen and oxygen atoms in total. The van der Waals surface area contributed by atoms with Crippen LogP contribution in [0.5, 0.6) is 0 Å². The lowest BCUT2D eigenvalue weighted by molar-refractivity contribution is 0.0724. The maximum absolute atomic E-state index is 13.1. The number of anilines is 1. The Kier molecular flexibility index (Phi) is 4.49. The summed E-state index contributed by atoms with van der Waals surface area (Å²) in [6.45, 7) is 4.04. The highest BCUT2D eigenvalue weighted by atomic mass is 19.1. The van der Waals surface area contributed by atoms with Crippen molar-refractivity contribution in [1.82, 2.24) is 4.90 Å². The van der Waals surface area contributed by atoms with Crippen molar-refractivity contribution in [2.24, 2.45) is 0 Å². The SMILES string of the molecule is CCC(CC)N(C)C(=O)c1cc(F)ccc1N. The molecule has 0 aliphatic heterocycles. The third kappa shape index (κ3) is 2.96. The number of carbonyl (C=O) groups is 1. The first-order valence-electron chi connectivity index (χ1n) is 5.83. The number of nitrogens with two attached hydrogens (primary N) is 1. The Morgan fingerprint density at radius 2 is 2.00 bits per heavy atom. The lowest BCUT2D eigenvalue weighted by Crippen LogP contribution is -2.36. The molecule has 1 amide bonds. The Bertz CT molecular complexity index is 402. The minimum absolute atomic E-state index is 0.158. The number of hydrogen-bond acceptors (Lipinski definition) is 2. The van der Waals surface area contributed by atoms with Crippen LogP contribution >= 0.6 is 0 Å². The van der Waals surface area contributed by atoms with Gasteiger partial charge in [0.15, 0.2) is 0 Å². The molecule has 1 aromatic rings. The van der Waals surface area contributed by atoms with Crippen LogP contribution in [0.1, 0.15) is 37.0 Å². The second-order valence-corrected chi connectivity index (χ2v) is 4.12. The standard InChI is InChI=1S/C13H19FN2O/c1-4-10(5-2)16(3)13(17)11-8-9(14)6-7-12(11)15/h6-8,10H,4-5,15H2,1-3H3. The molecule has 0 aromatic heterocycles. The molecule has 0 heterocycles.